The Morgan fingerprint density at radius 2 is 1.35 bits per heavy atom. The van der Waals surface area contributed by atoms with Gasteiger partial charge in [0, 0.05) is 39.3 Å². The van der Waals surface area contributed by atoms with Crippen LogP contribution in [0.5, 0.6) is 0 Å². The second-order valence-electron chi connectivity index (χ2n) is 11.0. The van der Waals surface area contributed by atoms with Crippen LogP contribution < -0.4 is 0 Å². The molecule has 1 saturated heterocycles. The van der Waals surface area contributed by atoms with Gasteiger partial charge in [-0.15, -0.1) is 0 Å². The summed E-state index contributed by atoms with van der Waals surface area (Å²) in [5, 5.41) is -3.05. The molecule has 1 aliphatic rings. The molecule has 4 N–H and O–H groups in total. The third kappa shape index (κ3) is 8.50. The largest absolute Gasteiger partial charge is 0.464 e. The first-order chi connectivity index (χ1) is 18.2. The van der Waals surface area contributed by atoms with Crippen molar-refractivity contribution in [1.29, 1.82) is 0 Å². The lowest BCUT2D eigenvalue weighted by Gasteiger charge is -2.46. The molecule has 0 spiro atoms. The molecule has 16 heteroatoms. The van der Waals surface area contributed by atoms with Crippen LogP contribution in [0.2, 0.25) is 0 Å². The van der Waals surface area contributed by atoms with Gasteiger partial charge in [0.25, 0.3) is 0 Å². The first-order valence-corrected chi connectivity index (χ1v) is 16.8. The Kier molecular flexibility index (Phi) is 12.9. The molecule has 0 aromatic carbocycles. The Bertz CT molecular complexity index is 955. The van der Waals surface area contributed by atoms with Gasteiger partial charge >= 0.3 is 27.3 Å². The predicted octanol–water partition coefficient (Wildman–Crippen LogP) is 2.55. The highest BCUT2D eigenvalue weighted by Crippen LogP contribution is 2.72. The van der Waals surface area contributed by atoms with Crippen LogP contribution >= 0.6 is 15.2 Å². The van der Waals surface area contributed by atoms with E-state index in [2.05, 4.69) is 0 Å². The van der Waals surface area contributed by atoms with Gasteiger partial charge in [-0.25, -0.2) is 4.79 Å². The summed E-state index contributed by atoms with van der Waals surface area (Å²) in [6.07, 6.45) is -1.37. The molecule has 0 aromatic rings. The topological polar surface area (TPSA) is 194 Å². The zero-order chi connectivity index (χ0) is 31.2. The zero-order valence-corrected chi connectivity index (χ0v) is 26.4. The van der Waals surface area contributed by atoms with Crippen molar-refractivity contribution in [3.63, 3.8) is 0 Å². The summed E-state index contributed by atoms with van der Waals surface area (Å²) in [6.45, 7) is 13.2. The van der Waals surface area contributed by atoms with E-state index in [1.54, 1.807) is 39.5 Å². The number of nitrogens with zero attached hydrogens (tertiary/aromatic N) is 3. The lowest BCUT2D eigenvalue weighted by molar-refractivity contribution is -0.156. The summed E-state index contributed by atoms with van der Waals surface area (Å²) in [5.74, 6) is -1.64. The fraction of sp³-hybridized carbons (Fsp3) is 0.875. The number of amides is 2. The minimum atomic E-state index is -5.55. The molecule has 0 saturated carbocycles. The Morgan fingerprint density at radius 3 is 1.73 bits per heavy atom. The van der Waals surface area contributed by atoms with Gasteiger partial charge in [-0.3, -0.25) is 23.6 Å². The second-order valence-corrected chi connectivity index (χ2v) is 15.0. The standard InChI is InChI=1S/C24H47N3O11P2/c1-8-23(9-2,20(29)27(11-4)24(10-3,39(31,32)33)40(34,35)36)18-19(28)37-17-16-25-12-14-26(15-13-25)21(30)38-22(5,6)7/h8-18H2,1-7H3,(H2,31,32,33)(H2,34,35,36). The van der Waals surface area contributed by atoms with E-state index in [4.69, 9.17) is 9.47 Å². The van der Waals surface area contributed by atoms with Crippen molar-refractivity contribution < 1.29 is 52.6 Å². The Labute approximate surface area is 236 Å². The number of piperazine rings is 1. The fourth-order valence-corrected chi connectivity index (χ4v) is 8.18. The summed E-state index contributed by atoms with van der Waals surface area (Å²) in [5.41, 5.74) is -2.08. The molecule has 1 heterocycles. The number of hydrogen-bond acceptors (Lipinski definition) is 8. The highest BCUT2D eigenvalue weighted by atomic mass is 31.2. The van der Waals surface area contributed by atoms with Crippen LogP contribution in [-0.4, -0.2) is 109 Å². The van der Waals surface area contributed by atoms with Crippen molar-refractivity contribution >= 4 is 33.2 Å². The number of hydrogen-bond donors (Lipinski definition) is 4. The molecule has 0 bridgehead atoms. The van der Waals surface area contributed by atoms with Crippen molar-refractivity contribution in [3.05, 3.63) is 0 Å². The normalized spacial score (nSPS) is 16.0. The number of rotatable bonds is 13. The summed E-state index contributed by atoms with van der Waals surface area (Å²) < 4.78 is 35.7. The van der Waals surface area contributed by atoms with E-state index in [0.717, 1.165) is 0 Å². The van der Waals surface area contributed by atoms with Crippen molar-refractivity contribution in [1.82, 2.24) is 14.7 Å². The minimum Gasteiger partial charge on any atom is -0.464 e. The maximum Gasteiger partial charge on any atom is 0.410 e. The Morgan fingerprint density at radius 1 is 0.850 bits per heavy atom. The molecule has 40 heavy (non-hydrogen) atoms. The highest BCUT2D eigenvalue weighted by Gasteiger charge is 2.65. The summed E-state index contributed by atoms with van der Waals surface area (Å²) in [4.78, 5) is 83.2. The highest BCUT2D eigenvalue weighted by molar-refractivity contribution is 7.72. The van der Waals surface area contributed by atoms with Crippen LogP contribution in [0.15, 0.2) is 0 Å². The van der Waals surface area contributed by atoms with E-state index < -0.39 is 62.5 Å². The Hall–Kier alpha value is -1.53. The van der Waals surface area contributed by atoms with Gasteiger partial charge in [0.05, 0.1) is 11.8 Å². The molecule has 2 amide bonds. The van der Waals surface area contributed by atoms with E-state index in [-0.39, 0.29) is 25.5 Å². The van der Waals surface area contributed by atoms with Gasteiger partial charge in [-0.2, -0.15) is 0 Å². The molecule has 1 aliphatic heterocycles. The van der Waals surface area contributed by atoms with Crippen LogP contribution in [0.3, 0.4) is 0 Å². The van der Waals surface area contributed by atoms with Crippen molar-refractivity contribution in [2.45, 2.75) is 84.8 Å². The van der Waals surface area contributed by atoms with Crippen LogP contribution in [0.25, 0.3) is 0 Å². The fourth-order valence-electron chi connectivity index (χ4n) is 4.91. The van der Waals surface area contributed by atoms with E-state index in [1.807, 2.05) is 4.90 Å². The first-order valence-electron chi connectivity index (χ1n) is 13.5. The van der Waals surface area contributed by atoms with Crippen molar-refractivity contribution in [2.24, 2.45) is 5.41 Å². The lowest BCUT2D eigenvalue weighted by Crippen LogP contribution is -2.56. The average molecular weight is 616 g/mol. The van der Waals surface area contributed by atoms with Gasteiger partial charge in [0.2, 0.25) is 10.9 Å². The van der Waals surface area contributed by atoms with E-state index in [0.29, 0.717) is 37.6 Å². The molecule has 1 rings (SSSR count). The lowest BCUT2D eigenvalue weighted by atomic mass is 9.77. The summed E-state index contributed by atoms with van der Waals surface area (Å²) in [7, 11) is -11.1. The molecule has 1 fully saturated rings. The maximum atomic E-state index is 13.8. The van der Waals surface area contributed by atoms with Gasteiger partial charge in [0.15, 0.2) is 0 Å². The second kappa shape index (κ2) is 14.1. The molecule has 0 aromatic heterocycles. The molecular weight excluding hydrogens is 568 g/mol. The molecule has 0 aliphatic carbocycles. The van der Waals surface area contributed by atoms with E-state index in [9.17, 15) is 43.1 Å². The van der Waals surface area contributed by atoms with Gasteiger partial charge in [-0.05, 0) is 47.0 Å². The summed E-state index contributed by atoms with van der Waals surface area (Å²) in [6, 6.07) is 0. The van der Waals surface area contributed by atoms with Crippen LogP contribution in [-0.2, 0) is 28.2 Å². The smallest absolute Gasteiger partial charge is 0.410 e. The van der Waals surface area contributed by atoms with Crippen LogP contribution in [0, 0.1) is 5.41 Å². The zero-order valence-electron chi connectivity index (χ0n) is 24.7. The molecular formula is C24H47N3O11P2. The van der Waals surface area contributed by atoms with Crippen molar-refractivity contribution in [2.75, 3.05) is 45.9 Å². The van der Waals surface area contributed by atoms with Gasteiger partial charge in [-0.1, -0.05) is 20.8 Å². The number of ether oxygens (including phenoxy) is 2. The van der Waals surface area contributed by atoms with Crippen LogP contribution in [0.1, 0.15) is 74.1 Å². The molecule has 0 unspecified atom stereocenters. The Balaban J connectivity index is 2.91. The number of esters is 1. The summed E-state index contributed by atoms with van der Waals surface area (Å²) >= 11 is 0. The SMILES string of the molecule is CCN(C(=O)C(CC)(CC)CC(=O)OCCN1CCN(C(=O)OC(C)(C)C)CC1)C(CC)(P(=O)(O)O)P(=O)(O)O. The molecule has 0 atom stereocenters. The number of carbonyl (C=O) groups excluding carboxylic acids is 3. The predicted molar refractivity (Wildman–Crippen MR) is 147 cm³/mol. The molecule has 14 nitrogen and oxygen atoms in total. The first kappa shape index (κ1) is 36.5. The minimum absolute atomic E-state index is 0.0182. The third-order valence-corrected chi connectivity index (χ3v) is 11.9. The van der Waals surface area contributed by atoms with Gasteiger partial charge in [0.1, 0.15) is 12.2 Å². The molecule has 234 valence electrons. The number of carbonyl (C=O) groups is 3. The maximum absolute atomic E-state index is 13.8. The molecule has 0 radical (unpaired) electrons. The third-order valence-electron chi connectivity index (χ3n) is 7.39. The quantitative estimate of drug-likeness (QED) is 0.175. The van der Waals surface area contributed by atoms with Crippen LogP contribution in [0.4, 0.5) is 4.79 Å². The monoisotopic (exact) mass is 615 g/mol. The van der Waals surface area contributed by atoms with E-state index >= 15 is 0 Å². The van der Waals surface area contributed by atoms with E-state index in [1.165, 1.54) is 13.8 Å². The van der Waals surface area contributed by atoms with Crippen molar-refractivity contribution in [3.8, 4) is 0 Å². The average Bonchev–Trinajstić information content (AvgIpc) is 2.83. The van der Waals surface area contributed by atoms with Gasteiger partial charge < -0.3 is 38.8 Å².